The summed E-state index contributed by atoms with van der Waals surface area (Å²) in [5, 5.41) is 10.1. The summed E-state index contributed by atoms with van der Waals surface area (Å²) < 4.78 is 4.84. The van der Waals surface area contributed by atoms with Gasteiger partial charge in [-0.05, 0) is 129 Å². The molecule has 68 heavy (non-hydrogen) atoms. The van der Waals surface area contributed by atoms with E-state index in [1.807, 2.05) is 0 Å². The number of para-hydroxylation sites is 3. The molecule has 2 aromatic heterocycles. The highest BCUT2D eigenvalue weighted by Gasteiger charge is 2.20. The molecule has 0 unspecified atom stereocenters. The first kappa shape index (κ1) is 39.5. The molecule has 0 aliphatic rings. The van der Waals surface area contributed by atoms with E-state index < -0.39 is 0 Å². The molecule has 13 aromatic rings. The average molecular weight is 871 g/mol. The van der Waals surface area contributed by atoms with Crippen molar-refractivity contribution in [2.45, 2.75) is 6.54 Å². The van der Waals surface area contributed by atoms with Crippen LogP contribution in [0.2, 0.25) is 0 Å². The Hall–Kier alpha value is -8.86. The van der Waals surface area contributed by atoms with Crippen LogP contribution in [0.5, 0.6) is 0 Å². The van der Waals surface area contributed by atoms with Gasteiger partial charge < -0.3 is 18.9 Å². The molecule has 0 fully saturated rings. The van der Waals surface area contributed by atoms with Crippen LogP contribution in [0, 0.1) is 0 Å². The third kappa shape index (κ3) is 6.60. The van der Waals surface area contributed by atoms with Crippen molar-refractivity contribution in [1.82, 2.24) is 9.13 Å². The van der Waals surface area contributed by atoms with E-state index in [2.05, 4.69) is 275 Å². The Balaban J connectivity index is 0.842. The van der Waals surface area contributed by atoms with Gasteiger partial charge in [-0.15, -0.1) is 0 Å². The first-order chi connectivity index (χ1) is 33.6. The Morgan fingerprint density at radius 3 is 1.41 bits per heavy atom. The number of hydrogen-bond acceptors (Lipinski definition) is 2. The molecule has 4 nitrogen and oxygen atoms in total. The van der Waals surface area contributed by atoms with E-state index in [1.165, 1.54) is 81.8 Å². The maximum atomic E-state index is 2.44. The number of nitrogens with zero attached hydrogens (tertiary/aromatic N) is 4. The predicted molar refractivity (Wildman–Crippen MR) is 289 cm³/mol. The van der Waals surface area contributed by atoms with Gasteiger partial charge in [-0.3, -0.25) is 0 Å². The maximum absolute atomic E-state index is 2.44. The lowest BCUT2D eigenvalue weighted by Gasteiger charge is -2.26. The number of benzene rings is 11. The van der Waals surface area contributed by atoms with Gasteiger partial charge in [-0.25, -0.2) is 0 Å². The van der Waals surface area contributed by atoms with Crippen LogP contribution < -0.4 is 9.80 Å². The largest absolute Gasteiger partial charge is 0.345 e. The summed E-state index contributed by atoms with van der Waals surface area (Å²) in [4.78, 5) is 4.73. The monoisotopic (exact) mass is 870 g/mol. The van der Waals surface area contributed by atoms with Crippen LogP contribution in [0.3, 0.4) is 0 Å². The highest BCUT2D eigenvalue weighted by atomic mass is 15.1. The Labute approximate surface area is 395 Å². The van der Waals surface area contributed by atoms with E-state index in [-0.39, 0.29) is 0 Å². The summed E-state index contributed by atoms with van der Waals surface area (Å²) in [6.07, 6.45) is 0. The van der Waals surface area contributed by atoms with Crippen LogP contribution in [0.25, 0.3) is 87.7 Å². The van der Waals surface area contributed by atoms with E-state index in [0.29, 0.717) is 6.54 Å². The molecule has 2 heterocycles. The van der Waals surface area contributed by atoms with Crippen LogP contribution in [0.4, 0.5) is 22.7 Å². The van der Waals surface area contributed by atoms with Gasteiger partial charge in [0.1, 0.15) is 0 Å². The van der Waals surface area contributed by atoms with Crippen molar-refractivity contribution in [1.29, 1.82) is 0 Å². The smallest absolute Gasteiger partial charge is 0.0562 e. The second-order valence-electron chi connectivity index (χ2n) is 17.8. The van der Waals surface area contributed by atoms with Crippen LogP contribution in [-0.4, -0.2) is 16.2 Å². The zero-order valence-electron chi connectivity index (χ0n) is 37.7. The summed E-state index contributed by atoms with van der Waals surface area (Å²) >= 11 is 0. The van der Waals surface area contributed by atoms with Gasteiger partial charge in [0.05, 0.1) is 22.1 Å². The lowest BCUT2D eigenvalue weighted by molar-refractivity contribution is 0.976. The molecule has 11 aromatic carbocycles. The van der Waals surface area contributed by atoms with Gasteiger partial charge in [0.25, 0.3) is 0 Å². The molecule has 0 spiro atoms. The van der Waals surface area contributed by atoms with Gasteiger partial charge in [0.15, 0.2) is 0 Å². The predicted octanol–water partition coefficient (Wildman–Crippen LogP) is 17.0. The normalized spacial score (nSPS) is 11.7. The molecule has 0 bridgehead atoms. The fourth-order valence-electron chi connectivity index (χ4n) is 10.6. The summed E-state index contributed by atoms with van der Waals surface area (Å²) in [5.74, 6) is 0. The highest BCUT2D eigenvalue weighted by Crippen LogP contribution is 2.42. The highest BCUT2D eigenvalue weighted by molar-refractivity contribution is 6.23. The zero-order valence-corrected chi connectivity index (χ0v) is 37.7. The first-order valence-corrected chi connectivity index (χ1v) is 23.4. The molecule has 0 N–H and O–H groups in total. The Kier molecular flexibility index (Phi) is 9.43. The van der Waals surface area contributed by atoms with Gasteiger partial charge in [-0.2, -0.15) is 0 Å². The van der Waals surface area contributed by atoms with Crippen LogP contribution >= 0.6 is 0 Å². The number of anilines is 4. The minimum absolute atomic E-state index is 0.705. The summed E-state index contributed by atoms with van der Waals surface area (Å²) in [6, 6.07) is 90.7. The molecule has 0 amide bonds. The molecule has 0 aliphatic carbocycles. The van der Waals surface area contributed by atoms with Crippen molar-refractivity contribution in [2.75, 3.05) is 16.8 Å². The van der Waals surface area contributed by atoms with Gasteiger partial charge >= 0.3 is 0 Å². The summed E-state index contributed by atoms with van der Waals surface area (Å²) in [5.41, 5.74) is 15.3. The molecule has 0 radical (unpaired) electrons. The van der Waals surface area contributed by atoms with E-state index >= 15 is 0 Å². The topological polar surface area (TPSA) is 16.3 Å². The van der Waals surface area contributed by atoms with Crippen LogP contribution in [0.1, 0.15) is 5.56 Å². The van der Waals surface area contributed by atoms with E-state index in [9.17, 15) is 0 Å². The minimum atomic E-state index is 0.705. The molecular formula is C64H46N4. The lowest BCUT2D eigenvalue weighted by atomic mass is 10.0. The van der Waals surface area contributed by atoms with E-state index in [4.69, 9.17) is 0 Å². The SMILES string of the molecule is CN(c1ccc(-c2cccc(CN(c3ccccc3)c3ccc4c5c6ccccc6ccc5n(-c5ccccc5)c4c3)c2)cc1)c1ccc2c3c4ccccc4ccc3n(-c3ccccc3)c2c1. The van der Waals surface area contributed by atoms with Crippen LogP contribution in [0.15, 0.2) is 249 Å². The average Bonchev–Trinajstić information content (AvgIpc) is 3.93. The fraction of sp³-hybridized carbons (Fsp3) is 0.0312. The third-order valence-electron chi connectivity index (χ3n) is 13.9. The zero-order chi connectivity index (χ0) is 45.1. The van der Waals surface area contributed by atoms with Crippen molar-refractivity contribution < 1.29 is 0 Å². The molecule has 13 rings (SSSR count). The maximum Gasteiger partial charge on any atom is 0.0562 e. The quantitative estimate of drug-likeness (QED) is 0.144. The van der Waals surface area contributed by atoms with Gasteiger partial charge in [-0.1, -0.05) is 158 Å². The molecule has 4 heteroatoms. The lowest BCUT2D eigenvalue weighted by Crippen LogP contribution is -2.16. The molecule has 0 atom stereocenters. The summed E-state index contributed by atoms with van der Waals surface area (Å²) in [6.45, 7) is 0.705. The van der Waals surface area contributed by atoms with Crippen LogP contribution in [-0.2, 0) is 6.54 Å². The fourth-order valence-corrected chi connectivity index (χ4v) is 10.6. The third-order valence-corrected chi connectivity index (χ3v) is 13.9. The molecule has 0 aliphatic heterocycles. The van der Waals surface area contributed by atoms with E-state index in [1.54, 1.807) is 0 Å². The molecular weight excluding hydrogens is 825 g/mol. The Morgan fingerprint density at radius 2 is 0.824 bits per heavy atom. The molecule has 0 saturated carbocycles. The first-order valence-electron chi connectivity index (χ1n) is 23.4. The second-order valence-corrected chi connectivity index (χ2v) is 17.8. The molecule has 322 valence electrons. The van der Waals surface area contributed by atoms with Crippen molar-refractivity contribution in [3.63, 3.8) is 0 Å². The van der Waals surface area contributed by atoms with E-state index in [0.717, 1.165) is 34.1 Å². The van der Waals surface area contributed by atoms with Crippen molar-refractivity contribution in [3.05, 3.63) is 254 Å². The van der Waals surface area contributed by atoms with Gasteiger partial charge in [0, 0.05) is 69.3 Å². The van der Waals surface area contributed by atoms with Crippen molar-refractivity contribution in [2.24, 2.45) is 0 Å². The Morgan fingerprint density at radius 1 is 0.324 bits per heavy atom. The molecule has 0 saturated heterocycles. The number of hydrogen-bond donors (Lipinski definition) is 0. The number of fused-ring (bicyclic) bond motifs is 10. The minimum Gasteiger partial charge on any atom is -0.345 e. The second kappa shape index (κ2) is 16.2. The van der Waals surface area contributed by atoms with Gasteiger partial charge in [0.2, 0.25) is 0 Å². The number of aromatic nitrogens is 2. The Bertz CT molecular complexity index is 4000. The van der Waals surface area contributed by atoms with Crippen molar-refractivity contribution in [3.8, 4) is 22.5 Å². The summed E-state index contributed by atoms with van der Waals surface area (Å²) in [7, 11) is 2.17. The number of rotatable bonds is 9. The standard InChI is InChI=1S/C64H46N4/c1-65(53-34-36-57-61(41-53)67(51-22-7-3-8-23-51)59-38-30-46-17-11-13-26-55(46)63(57)59)49-32-28-45(29-33-49)48-19-15-16-44(40-48)43-66(50-20-5-2-6-21-50)54-35-37-58-62(42-54)68(52-24-9-4-10-25-52)60-39-31-47-18-12-14-27-56(47)64(58)60/h2-42H,43H2,1H3. The van der Waals surface area contributed by atoms with Crippen molar-refractivity contribution >= 4 is 87.9 Å².